The van der Waals surface area contributed by atoms with Crippen LogP contribution >= 0.6 is 0 Å². The van der Waals surface area contributed by atoms with Gasteiger partial charge in [0.25, 0.3) is 5.91 Å². The molecule has 106 valence electrons. The lowest BCUT2D eigenvalue weighted by Crippen LogP contribution is -2.31. The maximum Gasteiger partial charge on any atom is 0.255 e. The summed E-state index contributed by atoms with van der Waals surface area (Å²) in [5.74, 6) is -0.0611. The number of carbonyl (C=O) groups is 1. The van der Waals surface area contributed by atoms with Gasteiger partial charge in [0, 0.05) is 32.9 Å². The number of hydrogen-bond donors (Lipinski definition) is 2. The van der Waals surface area contributed by atoms with E-state index in [0.29, 0.717) is 17.8 Å². The summed E-state index contributed by atoms with van der Waals surface area (Å²) in [6, 6.07) is 5.26. The molecule has 0 radical (unpaired) electrons. The molecule has 0 unspecified atom stereocenters. The summed E-state index contributed by atoms with van der Waals surface area (Å²) in [6.07, 6.45) is 0.935. The van der Waals surface area contributed by atoms with Crippen LogP contribution < -0.4 is 10.6 Å². The molecule has 3 N–H and O–H groups in total. The number of hydrogen-bond acceptors (Lipinski definition) is 4. The minimum atomic E-state index is -0.0611. The van der Waals surface area contributed by atoms with Crippen LogP contribution in [0.15, 0.2) is 18.2 Å². The molecule has 0 spiro atoms. The molecule has 19 heavy (non-hydrogen) atoms. The zero-order valence-electron chi connectivity index (χ0n) is 11.9. The van der Waals surface area contributed by atoms with Gasteiger partial charge >= 0.3 is 0 Å². The van der Waals surface area contributed by atoms with Gasteiger partial charge in [0.2, 0.25) is 0 Å². The van der Waals surface area contributed by atoms with Gasteiger partial charge in [-0.3, -0.25) is 4.79 Å². The maximum absolute atomic E-state index is 12.2. The van der Waals surface area contributed by atoms with Crippen LogP contribution in [0, 0.1) is 0 Å². The second kappa shape index (κ2) is 6.99. The van der Waals surface area contributed by atoms with E-state index in [9.17, 15) is 4.79 Å². The molecule has 0 bridgehead atoms. The number of rotatable bonds is 6. The first-order valence-corrected chi connectivity index (χ1v) is 6.48. The molecule has 0 aliphatic carbocycles. The van der Waals surface area contributed by atoms with E-state index in [0.717, 1.165) is 18.7 Å². The second-order valence-corrected chi connectivity index (χ2v) is 4.69. The van der Waals surface area contributed by atoms with Gasteiger partial charge in [0.15, 0.2) is 0 Å². The number of anilines is 2. The lowest BCUT2D eigenvalue weighted by molar-refractivity contribution is 0.0828. The van der Waals surface area contributed by atoms with Crippen LogP contribution in [0.4, 0.5) is 11.4 Å². The Morgan fingerprint density at radius 1 is 1.32 bits per heavy atom. The number of nitrogens with zero attached hydrogens (tertiary/aromatic N) is 2. The standard InChI is InChI=1S/C14H23N3O2/c1-4-7-17(8-9-18)13-10-11(15)5-6-12(13)14(19)16(2)3/h5-6,10,18H,4,7-9,15H2,1-3H3. The predicted molar refractivity (Wildman–Crippen MR) is 78.5 cm³/mol. The van der Waals surface area contributed by atoms with Crippen molar-refractivity contribution in [3.8, 4) is 0 Å². The van der Waals surface area contributed by atoms with Crippen LogP contribution in [0.1, 0.15) is 23.7 Å². The van der Waals surface area contributed by atoms with Crippen molar-refractivity contribution in [2.45, 2.75) is 13.3 Å². The lowest BCUT2D eigenvalue weighted by Gasteiger charge is -2.26. The minimum Gasteiger partial charge on any atom is -0.399 e. The van der Waals surface area contributed by atoms with Crippen LogP contribution in [0.25, 0.3) is 0 Å². The Labute approximate surface area is 114 Å². The Hall–Kier alpha value is -1.75. The molecule has 5 nitrogen and oxygen atoms in total. The number of nitrogen functional groups attached to an aromatic ring is 1. The number of amides is 1. The van der Waals surface area contributed by atoms with Crippen molar-refractivity contribution >= 4 is 17.3 Å². The summed E-state index contributed by atoms with van der Waals surface area (Å²) < 4.78 is 0. The molecule has 0 heterocycles. The van der Waals surface area contributed by atoms with Crippen LogP contribution in [-0.2, 0) is 0 Å². The van der Waals surface area contributed by atoms with Crippen LogP contribution in [0.2, 0.25) is 0 Å². The van der Waals surface area contributed by atoms with E-state index < -0.39 is 0 Å². The molecule has 0 atom stereocenters. The fourth-order valence-corrected chi connectivity index (χ4v) is 1.98. The van der Waals surface area contributed by atoms with Crippen LogP contribution in [0.3, 0.4) is 0 Å². The zero-order valence-corrected chi connectivity index (χ0v) is 11.9. The molecule has 5 heteroatoms. The van der Waals surface area contributed by atoms with E-state index in [1.165, 1.54) is 4.90 Å². The van der Waals surface area contributed by atoms with E-state index in [2.05, 4.69) is 6.92 Å². The summed E-state index contributed by atoms with van der Waals surface area (Å²) in [4.78, 5) is 15.7. The molecule has 0 saturated carbocycles. The third kappa shape index (κ3) is 3.86. The predicted octanol–water partition coefficient (Wildman–Crippen LogP) is 1.18. The highest BCUT2D eigenvalue weighted by atomic mass is 16.3. The fraction of sp³-hybridized carbons (Fsp3) is 0.500. The second-order valence-electron chi connectivity index (χ2n) is 4.69. The first kappa shape index (κ1) is 15.3. The molecule has 0 aromatic heterocycles. The highest BCUT2D eigenvalue weighted by molar-refractivity contribution is 6.00. The van der Waals surface area contributed by atoms with Crippen LogP contribution in [-0.4, -0.2) is 49.7 Å². The largest absolute Gasteiger partial charge is 0.399 e. The Morgan fingerprint density at radius 3 is 2.53 bits per heavy atom. The number of nitrogens with two attached hydrogens (primary N) is 1. The summed E-state index contributed by atoms with van der Waals surface area (Å²) in [7, 11) is 3.44. The monoisotopic (exact) mass is 265 g/mol. The number of aliphatic hydroxyl groups is 1. The van der Waals surface area contributed by atoms with E-state index in [1.54, 1.807) is 32.3 Å². The summed E-state index contributed by atoms with van der Waals surface area (Å²) in [6.45, 7) is 3.37. The van der Waals surface area contributed by atoms with Crippen LogP contribution in [0.5, 0.6) is 0 Å². The van der Waals surface area contributed by atoms with Crippen molar-refractivity contribution in [1.29, 1.82) is 0 Å². The molecule has 0 aliphatic rings. The third-order valence-electron chi connectivity index (χ3n) is 2.86. The summed E-state index contributed by atoms with van der Waals surface area (Å²) >= 11 is 0. The molecule has 1 rings (SSSR count). The number of benzene rings is 1. The molecule has 1 aromatic carbocycles. The maximum atomic E-state index is 12.2. The topological polar surface area (TPSA) is 69.8 Å². The van der Waals surface area contributed by atoms with Crippen molar-refractivity contribution < 1.29 is 9.90 Å². The molecule has 0 saturated heterocycles. The van der Waals surface area contributed by atoms with Gasteiger partial charge in [-0.1, -0.05) is 6.92 Å². The molecular formula is C14H23N3O2. The van der Waals surface area contributed by atoms with Crippen molar-refractivity contribution in [3.63, 3.8) is 0 Å². The summed E-state index contributed by atoms with van der Waals surface area (Å²) in [5.41, 5.74) is 7.83. The van der Waals surface area contributed by atoms with E-state index in [-0.39, 0.29) is 12.5 Å². The fourth-order valence-electron chi connectivity index (χ4n) is 1.98. The third-order valence-corrected chi connectivity index (χ3v) is 2.86. The van der Waals surface area contributed by atoms with Gasteiger partial charge in [0.1, 0.15) is 0 Å². The van der Waals surface area contributed by atoms with Gasteiger partial charge in [-0.15, -0.1) is 0 Å². The van der Waals surface area contributed by atoms with Gasteiger partial charge in [0.05, 0.1) is 17.9 Å². The lowest BCUT2D eigenvalue weighted by atomic mass is 10.1. The Morgan fingerprint density at radius 2 is 2.00 bits per heavy atom. The highest BCUT2D eigenvalue weighted by Crippen LogP contribution is 2.24. The van der Waals surface area contributed by atoms with E-state index in [1.807, 2.05) is 4.90 Å². The normalized spacial score (nSPS) is 10.3. The molecule has 1 aromatic rings. The van der Waals surface area contributed by atoms with E-state index >= 15 is 0 Å². The molecule has 1 amide bonds. The van der Waals surface area contributed by atoms with Crippen molar-refractivity contribution in [1.82, 2.24) is 4.90 Å². The number of aliphatic hydroxyl groups excluding tert-OH is 1. The first-order chi connectivity index (χ1) is 9.01. The molecular weight excluding hydrogens is 242 g/mol. The SMILES string of the molecule is CCCN(CCO)c1cc(N)ccc1C(=O)N(C)C. The Kier molecular flexibility index (Phi) is 5.63. The quantitative estimate of drug-likeness (QED) is 0.758. The highest BCUT2D eigenvalue weighted by Gasteiger charge is 2.17. The smallest absolute Gasteiger partial charge is 0.255 e. The van der Waals surface area contributed by atoms with E-state index in [4.69, 9.17) is 10.8 Å². The average Bonchev–Trinajstić information content (AvgIpc) is 2.37. The van der Waals surface area contributed by atoms with Gasteiger partial charge < -0.3 is 20.6 Å². The Balaban J connectivity index is 3.21. The minimum absolute atomic E-state index is 0.0460. The summed E-state index contributed by atoms with van der Waals surface area (Å²) in [5, 5.41) is 9.16. The number of carbonyl (C=O) groups excluding carboxylic acids is 1. The van der Waals surface area contributed by atoms with Gasteiger partial charge in [-0.05, 0) is 24.6 Å². The first-order valence-electron chi connectivity index (χ1n) is 6.48. The van der Waals surface area contributed by atoms with Crippen molar-refractivity contribution in [2.75, 3.05) is 44.4 Å². The van der Waals surface area contributed by atoms with Gasteiger partial charge in [-0.25, -0.2) is 0 Å². The zero-order chi connectivity index (χ0) is 14.4. The van der Waals surface area contributed by atoms with Gasteiger partial charge in [-0.2, -0.15) is 0 Å². The average molecular weight is 265 g/mol. The molecule has 0 fully saturated rings. The Bertz CT molecular complexity index is 427. The molecule has 0 aliphatic heterocycles. The van der Waals surface area contributed by atoms with Crippen molar-refractivity contribution in [3.05, 3.63) is 23.8 Å². The van der Waals surface area contributed by atoms with Crippen molar-refractivity contribution in [2.24, 2.45) is 0 Å².